The van der Waals surface area contributed by atoms with Crippen LogP contribution in [0.15, 0.2) is 23.2 Å². The summed E-state index contributed by atoms with van der Waals surface area (Å²) in [4.78, 5) is 4.14. The van der Waals surface area contributed by atoms with Crippen molar-refractivity contribution < 1.29 is 17.9 Å². The molecule has 29 heavy (non-hydrogen) atoms. The summed E-state index contributed by atoms with van der Waals surface area (Å²) in [5, 5.41) is 6.25. The number of ether oxygens (including phenoxy) is 2. The van der Waals surface area contributed by atoms with Crippen LogP contribution >= 0.6 is 0 Å². The molecule has 0 aromatic heterocycles. The normalized spacial score (nSPS) is 17.8. The summed E-state index contributed by atoms with van der Waals surface area (Å²) in [5.41, 5.74) is 2.26. The first-order chi connectivity index (χ1) is 13.9. The van der Waals surface area contributed by atoms with Gasteiger partial charge in [0.25, 0.3) is 0 Å². The Labute approximate surface area is 174 Å². The number of methoxy groups -OCH3 is 1. The fraction of sp³-hybridized carbons (Fsp3) is 0.650. The highest BCUT2D eigenvalue weighted by atomic mass is 32.2. The van der Waals surface area contributed by atoms with Crippen LogP contribution in [-0.4, -0.2) is 66.6 Å². The van der Waals surface area contributed by atoms with E-state index in [2.05, 4.69) is 26.4 Å². The zero-order valence-corrected chi connectivity index (χ0v) is 18.5. The first kappa shape index (κ1) is 23.4. The second-order valence-corrected chi connectivity index (χ2v) is 9.06. The summed E-state index contributed by atoms with van der Waals surface area (Å²) in [6.45, 7) is 4.02. The molecule has 3 N–H and O–H groups in total. The van der Waals surface area contributed by atoms with Crippen LogP contribution in [-0.2, 0) is 21.2 Å². The minimum absolute atomic E-state index is 0.0127. The van der Waals surface area contributed by atoms with Crippen molar-refractivity contribution in [1.29, 1.82) is 0 Å². The molecular formula is C20H34N4O4S. The highest BCUT2D eigenvalue weighted by Crippen LogP contribution is 2.19. The molecule has 0 amide bonds. The number of aryl methyl sites for hydroxylation is 1. The van der Waals surface area contributed by atoms with Gasteiger partial charge in [-0.2, -0.15) is 0 Å². The maximum Gasteiger partial charge on any atom is 0.213 e. The predicted octanol–water partition coefficient (Wildman–Crippen LogP) is 1.20. The van der Waals surface area contributed by atoms with Gasteiger partial charge in [-0.15, -0.1) is 0 Å². The van der Waals surface area contributed by atoms with Crippen molar-refractivity contribution in [2.24, 2.45) is 4.99 Å². The van der Waals surface area contributed by atoms with Gasteiger partial charge < -0.3 is 20.1 Å². The Morgan fingerprint density at radius 2 is 2.07 bits per heavy atom. The summed E-state index contributed by atoms with van der Waals surface area (Å²) >= 11 is 0. The van der Waals surface area contributed by atoms with Crippen LogP contribution in [0.4, 0.5) is 0 Å². The van der Waals surface area contributed by atoms with Crippen molar-refractivity contribution in [2.45, 2.75) is 38.7 Å². The Balaban J connectivity index is 1.67. The molecule has 1 aromatic rings. The van der Waals surface area contributed by atoms with Crippen LogP contribution in [0.5, 0.6) is 5.75 Å². The molecule has 2 rings (SSSR count). The lowest BCUT2D eigenvalue weighted by atomic mass is 10.1. The summed E-state index contributed by atoms with van der Waals surface area (Å²) in [6.07, 6.45) is 3.84. The third kappa shape index (κ3) is 8.59. The molecule has 0 radical (unpaired) electrons. The molecule has 164 valence electrons. The minimum atomic E-state index is -3.35. The lowest BCUT2D eigenvalue weighted by Crippen LogP contribution is -2.43. The molecule has 9 heteroatoms. The largest absolute Gasteiger partial charge is 0.496 e. The van der Waals surface area contributed by atoms with Crippen molar-refractivity contribution in [2.75, 3.05) is 46.2 Å². The van der Waals surface area contributed by atoms with Crippen molar-refractivity contribution in [3.8, 4) is 5.75 Å². The third-order valence-electron chi connectivity index (χ3n) is 4.87. The number of guanidine groups is 1. The van der Waals surface area contributed by atoms with Gasteiger partial charge in [0.2, 0.25) is 10.0 Å². The Morgan fingerprint density at radius 1 is 1.28 bits per heavy atom. The molecule has 1 aliphatic heterocycles. The zero-order valence-electron chi connectivity index (χ0n) is 17.7. The Morgan fingerprint density at radius 3 is 2.76 bits per heavy atom. The Kier molecular flexibility index (Phi) is 9.69. The van der Waals surface area contributed by atoms with E-state index in [9.17, 15) is 8.42 Å². The van der Waals surface area contributed by atoms with Crippen LogP contribution in [0, 0.1) is 6.92 Å². The average Bonchev–Trinajstić information content (AvgIpc) is 2.73. The van der Waals surface area contributed by atoms with E-state index in [1.54, 1.807) is 14.2 Å². The molecule has 8 nitrogen and oxygen atoms in total. The SMILES string of the molecule is CN=C(NCCc1ccc(C)c(OC)c1)NCCS(=O)(=O)NCC1CCCCO1. The third-order valence-corrected chi connectivity index (χ3v) is 6.22. The quantitative estimate of drug-likeness (QED) is 0.384. The fourth-order valence-electron chi connectivity index (χ4n) is 3.13. The molecule has 1 saturated heterocycles. The second kappa shape index (κ2) is 12.0. The lowest BCUT2D eigenvalue weighted by Gasteiger charge is -2.22. The number of benzene rings is 1. The van der Waals surface area contributed by atoms with E-state index in [1.807, 2.05) is 19.1 Å². The van der Waals surface area contributed by atoms with E-state index in [0.29, 0.717) is 25.7 Å². The van der Waals surface area contributed by atoms with Crippen molar-refractivity contribution in [3.63, 3.8) is 0 Å². The summed E-state index contributed by atoms with van der Waals surface area (Å²) in [7, 11) is -0.0173. The molecule has 0 saturated carbocycles. The molecule has 1 heterocycles. The summed E-state index contributed by atoms with van der Waals surface area (Å²) in [6, 6.07) is 6.14. The Hall–Kier alpha value is -1.84. The van der Waals surface area contributed by atoms with Gasteiger partial charge in [0, 0.05) is 33.3 Å². The lowest BCUT2D eigenvalue weighted by molar-refractivity contribution is 0.0200. The standard InChI is InChI=1S/C20H34N4O4S/c1-16-7-8-17(14-19(16)27-3)9-10-22-20(21-2)23-11-13-29(25,26)24-15-18-6-4-5-12-28-18/h7-8,14,18,24H,4-6,9-13,15H2,1-3H3,(H2,21,22,23). The van der Waals surface area contributed by atoms with Gasteiger partial charge in [-0.3, -0.25) is 4.99 Å². The van der Waals surface area contributed by atoms with Gasteiger partial charge in [-0.05, 0) is 49.8 Å². The fourth-order valence-corrected chi connectivity index (χ4v) is 4.08. The number of nitrogens with zero attached hydrogens (tertiary/aromatic N) is 1. The Bertz CT molecular complexity index is 762. The number of aliphatic imine (C=N–C) groups is 1. The summed E-state index contributed by atoms with van der Waals surface area (Å²) in [5.74, 6) is 1.44. The van der Waals surface area contributed by atoms with E-state index in [1.165, 1.54) is 0 Å². The second-order valence-electron chi connectivity index (χ2n) is 7.14. The van der Waals surface area contributed by atoms with E-state index < -0.39 is 10.0 Å². The van der Waals surface area contributed by atoms with Gasteiger partial charge in [0.05, 0.1) is 19.0 Å². The van der Waals surface area contributed by atoms with Crippen molar-refractivity contribution >= 4 is 16.0 Å². The van der Waals surface area contributed by atoms with Crippen LogP contribution in [0.25, 0.3) is 0 Å². The van der Waals surface area contributed by atoms with E-state index in [-0.39, 0.29) is 18.4 Å². The molecular weight excluding hydrogens is 392 g/mol. The summed E-state index contributed by atoms with van der Waals surface area (Å²) < 4.78 is 37.8. The molecule has 1 fully saturated rings. The number of rotatable bonds is 10. The zero-order chi connectivity index (χ0) is 21.1. The maximum absolute atomic E-state index is 12.2. The average molecular weight is 427 g/mol. The van der Waals surface area contributed by atoms with Crippen LogP contribution < -0.4 is 20.1 Å². The highest BCUT2D eigenvalue weighted by molar-refractivity contribution is 7.89. The van der Waals surface area contributed by atoms with Gasteiger partial charge >= 0.3 is 0 Å². The number of sulfonamides is 1. The molecule has 0 spiro atoms. The molecule has 0 aliphatic carbocycles. The topological polar surface area (TPSA) is 101 Å². The van der Waals surface area contributed by atoms with Crippen LogP contribution in [0.1, 0.15) is 30.4 Å². The predicted molar refractivity (Wildman–Crippen MR) is 116 cm³/mol. The minimum Gasteiger partial charge on any atom is -0.496 e. The molecule has 1 aliphatic rings. The van der Waals surface area contributed by atoms with Crippen LogP contribution in [0.3, 0.4) is 0 Å². The van der Waals surface area contributed by atoms with Gasteiger partial charge in [-0.1, -0.05) is 12.1 Å². The number of hydrogen-bond acceptors (Lipinski definition) is 5. The molecule has 0 bridgehead atoms. The van der Waals surface area contributed by atoms with Gasteiger partial charge in [0.15, 0.2) is 5.96 Å². The first-order valence-electron chi connectivity index (χ1n) is 10.1. The van der Waals surface area contributed by atoms with Gasteiger partial charge in [-0.25, -0.2) is 13.1 Å². The first-order valence-corrected chi connectivity index (χ1v) is 11.8. The molecule has 1 aromatic carbocycles. The smallest absolute Gasteiger partial charge is 0.213 e. The van der Waals surface area contributed by atoms with E-state index in [0.717, 1.165) is 42.6 Å². The van der Waals surface area contributed by atoms with Crippen molar-refractivity contribution in [1.82, 2.24) is 15.4 Å². The maximum atomic E-state index is 12.2. The van der Waals surface area contributed by atoms with E-state index >= 15 is 0 Å². The van der Waals surface area contributed by atoms with Crippen molar-refractivity contribution in [3.05, 3.63) is 29.3 Å². The number of hydrogen-bond donors (Lipinski definition) is 3. The monoisotopic (exact) mass is 426 g/mol. The van der Waals surface area contributed by atoms with Crippen LogP contribution in [0.2, 0.25) is 0 Å². The van der Waals surface area contributed by atoms with E-state index in [4.69, 9.17) is 9.47 Å². The number of nitrogens with one attached hydrogen (secondary N) is 3. The van der Waals surface area contributed by atoms with Gasteiger partial charge in [0.1, 0.15) is 5.75 Å². The highest BCUT2D eigenvalue weighted by Gasteiger charge is 2.17. The molecule has 1 unspecified atom stereocenters. The molecule has 1 atom stereocenters.